The number of carbonyl (C=O) groups is 1. The average Bonchev–Trinajstić information content (AvgIpc) is 3.19. The second-order valence-corrected chi connectivity index (χ2v) is 7.62. The van der Waals surface area contributed by atoms with Crippen LogP contribution in [-0.2, 0) is 27.5 Å². The Kier molecular flexibility index (Phi) is 4.84. The first-order valence-electron chi connectivity index (χ1n) is 7.77. The number of nitrogens with one attached hydrogen (secondary N) is 2. The summed E-state index contributed by atoms with van der Waals surface area (Å²) in [5.74, 6) is 0.165. The molecule has 132 valence electrons. The Labute approximate surface area is 144 Å². The lowest BCUT2D eigenvalue weighted by molar-refractivity contribution is -0.120. The highest BCUT2D eigenvalue weighted by Gasteiger charge is 2.16. The molecule has 0 fully saturated rings. The molecule has 0 aliphatic carbocycles. The van der Waals surface area contributed by atoms with Crippen LogP contribution in [0.15, 0.2) is 40.1 Å². The molecule has 0 atom stereocenters. The smallest absolute Gasteiger partial charge is 0.335 e. The third-order valence-electron chi connectivity index (χ3n) is 3.68. The fourth-order valence-corrected chi connectivity index (χ4v) is 2.91. The summed E-state index contributed by atoms with van der Waals surface area (Å²) in [4.78, 5) is 15.2. The molecule has 0 radical (unpaired) electrons. The van der Waals surface area contributed by atoms with Crippen molar-refractivity contribution in [1.82, 2.24) is 20.5 Å². The molecule has 0 aliphatic heterocycles. The SMILES string of the molecule is CS(=O)(=O)c1nnc(CCCNC(=O)Cc2c[nH]c3ccccc23)o1. The van der Waals surface area contributed by atoms with E-state index in [9.17, 15) is 13.2 Å². The van der Waals surface area contributed by atoms with Gasteiger partial charge in [0.15, 0.2) is 0 Å². The van der Waals surface area contributed by atoms with Gasteiger partial charge in [0.25, 0.3) is 0 Å². The van der Waals surface area contributed by atoms with E-state index in [0.29, 0.717) is 25.8 Å². The number of aromatic nitrogens is 3. The minimum absolute atomic E-state index is 0.0768. The highest BCUT2D eigenvalue weighted by Crippen LogP contribution is 2.17. The molecule has 1 amide bonds. The van der Waals surface area contributed by atoms with Crippen molar-refractivity contribution < 1.29 is 17.6 Å². The van der Waals surface area contributed by atoms with Crippen LogP contribution < -0.4 is 5.32 Å². The average molecular weight is 362 g/mol. The van der Waals surface area contributed by atoms with Crippen molar-refractivity contribution in [1.29, 1.82) is 0 Å². The topological polar surface area (TPSA) is 118 Å². The standard InChI is InChI=1S/C16H18N4O4S/c1-25(22,23)16-20-19-15(24-16)7-4-8-17-14(21)9-11-10-18-13-6-3-2-5-12(11)13/h2-3,5-6,10,18H,4,7-9H2,1H3,(H,17,21). The number of fused-ring (bicyclic) bond motifs is 1. The number of benzene rings is 1. The molecule has 3 aromatic rings. The lowest BCUT2D eigenvalue weighted by Crippen LogP contribution is -2.26. The van der Waals surface area contributed by atoms with Crippen molar-refractivity contribution in [3.63, 3.8) is 0 Å². The molecule has 0 saturated carbocycles. The molecular weight excluding hydrogens is 344 g/mol. The maximum absolute atomic E-state index is 12.0. The van der Waals surface area contributed by atoms with Crippen LogP contribution in [0.5, 0.6) is 0 Å². The molecule has 25 heavy (non-hydrogen) atoms. The van der Waals surface area contributed by atoms with Gasteiger partial charge < -0.3 is 14.7 Å². The Balaban J connectivity index is 1.46. The molecule has 2 aromatic heterocycles. The van der Waals surface area contributed by atoms with Gasteiger partial charge in [-0.05, 0) is 18.1 Å². The van der Waals surface area contributed by atoms with E-state index in [1.54, 1.807) is 0 Å². The first-order chi connectivity index (χ1) is 11.9. The summed E-state index contributed by atoms with van der Waals surface area (Å²) >= 11 is 0. The number of rotatable bonds is 7. The normalized spacial score (nSPS) is 11.7. The molecule has 2 N–H and O–H groups in total. The predicted octanol–water partition coefficient (Wildman–Crippen LogP) is 1.25. The summed E-state index contributed by atoms with van der Waals surface area (Å²) in [5, 5.41) is 10.7. The summed E-state index contributed by atoms with van der Waals surface area (Å²) in [6.07, 6.45) is 4.12. The van der Waals surface area contributed by atoms with Gasteiger partial charge in [-0.3, -0.25) is 4.79 Å². The predicted molar refractivity (Wildman–Crippen MR) is 90.7 cm³/mol. The van der Waals surface area contributed by atoms with Crippen LogP contribution in [0.3, 0.4) is 0 Å². The Hall–Kier alpha value is -2.68. The Bertz CT molecular complexity index is 990. The van der Waals surface area contributed by atoms with Crippen LogP contribution in [0.2, 0.25) is 0 Å². The fraction of sp³-hybridized carbons (Fsp3) is 0.312. The van der Waals surface area contributed by atoms with Gasteiger partial charge in [-0.15, -0.1) is 5.10 Å². The van der Waals surface area contributed by atoms with Gasteiger partial charge in [-0.25, -0.2) is 8.42 Å². The monoisotopic (exact) mass is 362 g/mol. The van der Waals surface area contributed by atoms with E-state index >= 15 is 0 Å². The van der Waals surface area contributed by atoms with Crippen LogP contribution in [0.4, 0.5) is 0 Å². The van der Waals surface area contributed by atoms with Crippen molar-refractivity contribution in [3.8, 4) is 0 Å². The number of carbonyl (C=O) groups excluding carboxylic acids is 1. The number of sulfone groups is 1. The van der Waals surface area contributed by atoms with E-state index in [2.05, 4.69) is 20.5 Å². The molecule has 1 aromatic carbocycles. The van der Waals surface area contributed by atoms with Crippen molar-refractivity contribution in [2.75, 3.05) is 12.8 Å². The van der Waals surface area contributed by atoms with E-state index in [-0.39, 0.29) is 17.0 Å². The number of amides is 1. The van der Waals surface area contributed by atoms with Gasteiger partial charge in [-0.2, -0.15) is 0 Å². The van der Waals surface area contributed by atoms with Gasteiger partial charge in [-0.1, -0.05) is 23.3 Å². The zero-order chi connectivity index (χ0) is 17.9. The summed E-state index contributed by atoms with van der Waals surface area (Å²) in [5.41, 5.74) is 1.95. The highest BCUT2D eigenvalue weighted by molar-refractivity contribution is 7.90. The van der Waals surface area contributed by atoms with E-state index in [4.69, 9.17) is 4.42 Å². The zero-order valence-electron chi connectivity index (χ0n) is 13.7. The summed E-state index contributed by atoms with van der Waals surface area (Å²) in [6, 6.07) is 7.82. The van der Waals surface area contributed by atoms with Crippen LogP contribution in [0.25, 0.3) is 10.9 Å². The molecule has 0 bridgehead atoms. The Morgan fingerprint density at radius 1 is 1.28 bits per heavy atom. The first kappa shape index (κ1) is 17.2. The number of H-pyrrole nitrogens is 1. The number of hydrogen-bond donors (Lipinski definition) is 2. The minimum Gasteiger partial charge on any atom is -0.413 e. The number of hydrogen-bond acceptors (Lipinski definition) is 6. The molecule has 0 saturated heterocycles. The third-order valence-corrected chi connectivity index (χ3v) is 4.48. The quantitative estimate of drug-likeness (QED) is 0.611. The van der Waals surface area contributed by atoms with Crippen LogP contribution in [0.1, 0.15) is 17.9 Å². The molecule has 0 aliphatic rings. The zero-order valence-corrected chi connectivity index (χ0v) is 14.5. The second-order valence-electron chi connectivity index (χ2n) is 5.72. The van der Waals surface area contributed by atoms with Crippen molar-refractivity contribution in [3.05, 3.63) is 41.9 Å². The molecule has 2 heterocycles. The summed E-state index contributed by atoms with van der Waals surface area (Å²) in [6.45, 7) is 0.442. The molecule has 0 unspecified atom stereocenters. The van der Waals surface area contributed by atoms with Gasteiger partial charge in [0.1, 0.15) is 0 Å². The van der Waals surface area contributed by atoms with Crippen molar-refractivity contribution in [2.45, 2.75) is 24.5 Å². The number of nitrogens with zero attached hydrogens (tertiary/aromatic N) is 2. The van der Waals surface area contributed by atoms with E-state index in [0.717, 1.165) is 22.7 Å². The summed E-state index contributed by atoms with van der Waals surface area (Å²) in [7, 11) is -3.49. The molecular formula is C16H18N4O4S. The Morgan fingerprint density at radius 2 is 2.08 bits per heavy atom. The summed E-state index contributed by atoms with van der Waals surface area (Å²) < 4.78 is 27.6. The fourth-order valence-electron chi connectivity index (χ4n) is 2.47. The lowest BCUT2D eigenvalue weighted by atomic mass is 10.1. The Morgan fingerprint density at radius 3 is 2.84 bits per heavy atom. The van der Waals surface area contributed by atoms with E-state index in [1.807, 2.05) is 30.5 Å². The van der Waals surface area contributed by atoms with Gasteiger partial charge in [0.05, 0.1) is 6.42 Å². The molecule has 9 heteroatoms. The van der Waals surface area contributed by atoms with Crippen molar-refractivity contribution >= 4 is 26.6 Å². The number of para-hydroxylation sites is 1. The lowest BCUT2D eigenvalue weighted by Gasteiger charge is -2.03. The largest absolute Gasteiger partial charge is 0.413 e. The van der Waals surface area contributed by atoms with Crippen LogP contribution in [0, 0.1) is 0 Å². The van der Waals surface area contributed by atoms with Gasteiger partial charge in [0.2, 0.25) is 21.6 Å². The molecule has 8 nitrogen and oxygen atoms in total. The van der Waals surface area contributed by atoms with Gasteiger partial charge >= 0.3 is 5.22 Å². The molecule has 3 rings (SSSR count). The van der Waals surface area contributed by atoms with E-state index in [1.165, 1.54) is 0 Å². The highest BCUT2D eigenvalue weighted by atomic mass is 32.2. The first-order valence-corrected chi connectivity index (χ1v) is 9.67. The maximum Gasteiger partial charge on any atom is 0.335 e. The third kappa shape index (κ3) is 4.24. The van der Waals surface area contributed by atoms with Crippen LogP contribution in [-0.4, -0.2) is 42.3 Å². The van der Waals surface area contributed by atoms with Crippen LogP contribution >= 0.6 is 0 Å². The van der Waals surface area contributed by atoms with E-state index < -0.39 is 9.84 Å². The number of aromatic amines is 1. The number of aryl methyl sites for hydroxylation is 1. The van der Waals surface area contributed by atoms with Crippen molar-refractivity contribution in [2.24, 2.45) is 0 Å². The molecule has 0 spiro atoms. The van der Waals surface area contributed by atoms with Gasteiger partial charge in [0, 0.05) is 36.3 Å². The second kappa shape index (κ2) is 7.06. The minimum atomic E-state index is -3.49. The maximum atomic E-state index is 12.0.